The summed E-state index contributed by atoms with van der Waals surface area (Å²) in [6.07, 6.45) is -3.02. The Morgan fingerprint density at radius 2 is 1.70 bits per heavy atom. The van der Waals surface area contributed by atoms with Gasteiger partial charge in [-0.25, -0.2) is 4.79 Å². The van der Waals surface area contributed by atoms with Gasteiger partial charge in [0.15, 0.2) is 0 Å². The lowest BCUT2D eigenvalue weighted by Gasteiger charge is -2.34. The van der Waals surface area contributed by atoms with E-state index in [9.17, 15) is 22.8 Å². The Morgan fingerprint density at radius 3 is 2.40 bits per heavy atom. The summed E-state index contributed by atoms with van der Waals surface area (Å²) in [4.78, 5) is 28.1. The van der Waals surface area contributed by atoms with E-state index in [-0.39, 0.29) is 18.5 Å². The van der Waals surface area contributed by atoms with Gasteiger partial charge < -0.3 is 15.5 Å². The predicted octanol–water partition coefficient (Wildman–Crippen LogP) is 6.77. The Balaban J connectivity index is 1.42. The normalized spacial score (nSPS) is 18.6. The Labute approximate surface area is 232 Å². The fourth-order valence-electron chi connectivity index (χ4n) is 5.50. The molecule has 0 aromatic heterocycles. The summed E-state index contributed by atoms with van der Waals surface area (Å²) in [5.41, 5.74) is 3.14. The maximum absolute atomic E-state index is 13.5. The molecule has 3 aromatic rings. The molecule has 0 unspecified atom stereocenters. The van der Waals surface area contributed by atoms with E-state index in [1.54, 1.807) is 23.1 Å². The zero-order valence-corrected chi connectivity index (χ0v) is 22.9. The summed E-state index contributed by atoms with van der Waals surface area (Å²) in [5.74, 6) is 0.555. The molecule has 5 nitrogen and oxygen atoms in total. The largest absolute Gasteiger partial charge is 0.416 e. The van der Waals surface area contributed by atoms with Crippen molar-refractivity contribution in [3.63, 3.8) is 0 Å². The van der Waals surface area contributed by atoms with Gasteiger partial charge in [0.05, 0.1) is 5.56 Å². The highest BCUT2D eigenvalue weighted by Gasteiger charge is 2.38. The van der Waals surface area contributed by atoms with E-state index < -0.39 is 17.3 Å². The molecular weight excluding hydrogens is 515 g/mol. The molecule has 40 heavy (non-hydrogen) atoms. The number of nitrogens with one attached hydrogen (secondary N) is 2. The maximum Gasteiger partial charge on any atom is 0.416 e. The highest BCUT2D eigenvalue weighted by molar-refractivity contribution is 5.97. The first kappa shape index (κ1) is 27.7. The lowest BCUT2D eigenvalue weighted by Crippen LogP contribution is -2.50. The van der Waals surface area contributed by atoms with Crippen LogP contribution >= 0.6 is 0 Å². The van der Waals surface area contributed by atoms with Crippen LogP contribution in [0.1, 0.15) is 65.7 Å². The van der Waals surface area contributed by atoms with E-state index in [0.717, 1.165) is 24.1 Å². The number of hydrogen-bond donors (Lipinski definition) is 2. The summed E-state index contributed by atoms with van der Waals surface area (Å²) in [6.45, 7) is 6.82. The van der Waals surface area contributed by atoms with Crippen molar-refractivity contribution in [3.05, 3.63) is 94.5 Å². The first-order chi connectivity index (χ1) is 18.9. The molecule has 3 aromatic carbocycles. The van der Waals surface area contributed by atoms with Gasteiger partial charge in [-0.05, 0) is 91.5 Å². The average molecular weight is 550 g/mol. The lowest BCUT2D eigenvalue weighted by molar-refractivity contribution is -0.137. The number of rotatable bonds is 5. The van der Waals surface area contributed by atoms with E-state index in [1.807, 2.05) is 39.0 Å². The van der Waals surface area contributed by atoms with Crippen LogP contribution in [-0.4, -0.2) is 35.5 Å². The lowest BCUT2D eigenvalue weighted by atomic mass is 9.87. The number of hydrogen-bond acceptors (Lipinski definition) is 2. The smallest absolute Gasteiger partial charge is 0.352 e. The van der Waals surface area contributed by atoms with E-state index in [2.05, 4.69) is 22.8 Å². The van der Waals surface area contributed by atoms with Crippen molar-refractivity contribution >= 4 is 11.9 Å². The SMILES string of the molecule is CC(C)(C)NC(=O)N1CCc2c(-c3cccc(C(F)(F)F)c3)ccc(C(=O)NC[C@@H]3C[C@H]3c3ccccc3)c2C1. The van der Waals surface area contributed by atoms with Gasteiger partial charge in [0.25, 0.3) is 5.91 Å². The minimum Gasteiger partial charge on any atom is -0.352 e. The molecule has 1 aliphatic carbocycles. The summed E-state index contributed by atoms with van der Waals surface area (Å²) < 4.78 is 40.4. The van der Waals surface area contributed by atoms with Crippen molar-refractivity contribution in [1.29, 1.82) is 0 Å². The van der Waals surface area contributed by atoms with Crippen LogP contribution < -0.4 is 10.6 Å². The number of alkyl halides is 3. The molecular formula is C32H34F3N3O2. The predicted molar refractivity (Wildman–Crippen MR) is 149 cm³/mol. The Hall–Kier alpha value is -3.81. The van der Waals surface area contributed by atoms with Crippen LogP contribution in [-0.2, 0) is 19.1 Å². The molecule has 0 bridgehead atoms. The van der Waals surface area contributed by atoms with Gasteiger partial charge in [-0.15, -0.1) is 0 Å². The van der Waals surface area contributed by atoms with E-state index in [1.165, 1.54) is 11.6 Å². The summed E-state index contributed by atoms with van der Waals surface area (Å²) in [7, 11) is 0. The van der Waals surface area contributed by atoms with E-state index in [0.29, 0.717) is 53.6 Å². The number of nitrogens with zero attached hydrogens (tertiary/aromatic N) is 1. The molecule has 8 heteroatoms. The van der Waals surface area contributed by atoms with Gasteiger partial charge in [0, 0.05) is 30.7 Å². The molecule has 1 fully saturated rings. The van der Waals surface area contributed by atoms with Gasteiger partial charge in [0.2, 0.25) is 0 Å². The molecule has 1 saturated carbocycles. The molecule has 2 atom stereocenters. The van der Waals surface area contributed by atoms with Crippen LogP contribution in [0.2, 0.25) is 0 Å². The number of benzene rings is 3. The highest BCUT2D eigenvalue weighted by Crippen LogP contribution is 2.47. The molecule has 0 radical (unpaired) electrons. The topological polar surface area (TPSA) is 61.4 Å². The van der Waals surface area contributed by atoms with E-state index in [4.69, 9.17) is 0 Å². The van der Waals surface area contributed by atoms with Gasteiger partial charge in [0.1, 0.15) is 0 Å². The Morgan fingerprint density at radius 1 is 0.950 bits per heavy atom. The van der Waals surface area contributed by atoms with Crippen molar-refractivity contribution in [2.45, 2.75) is 57.8 Å². The molecule has 5 rings (SSSR count). The first-order valence-electron chi connectivity index (χ1n) is 13.6. The van der Waals surface area contributed by atoms with Gasteiger partial charge >= 0.3 is 12.2 Å². The summed E-state index contributed by atoms with van der Waals surface area (Å²) in [5, 5.41) is 6.04. The zero-order chi connectivity index (χ0) is 28.7. The van der Waals surface area contributed by atoms with Crippen LogP contribution in [0.4, 0.5) is 18.0 Å². The molecule has 2 aliphatic rings. The average Bonchev–Trinajstić information content (AvgIpc) is 3.70. The van der Waals surface area contributed by atoms with Crippen molar-refractivity contribution in [3.8, 4) is 11.1 Å². The molecule has 1 heterocycles. The molecule has 2 N–H and O–H groups in total. The van der Waals surface area contributed by atoms with Crippen LogP contribution in [0.15, 0.2) is 66.7 Å². The van der Waals surface area contributed by atoms with Gasteiger partial charge in [-0.1, -0.05) is 48.5 Å². The monoisotopic (exact) mass is 549 g/mol. The molecule has 1 aliphatic heterocycles. The fourth-order valence-corrected chi connectivity index (χ4v) is 5.50. The minimum atomic E-state index is -4.46. The number of fused-ring (bicyclic) bond motifs is 1. The van der Waals surface area contributed by atoms with Crippen molar-refractivity contribution in [2.75, 3.05) is 13.1 Å². The molecule has 3 amide bonds. The second kappa shape index (κ2) is 10.6. The number of carbonyl (C=O) groups is 2. The van der Waals surface area contributed by atoms with E-state index >= 15 is 0 Å². The van der Waals surface area contributed by atoms with Crippen LogP contribution in [0.5, 0.6) is 0 Å². The molecule has 210 valence electrons. The summed E-state index contributed by atoms with van der Waals surface area (Å²) in [6, 6.07) is 18.6. The maximum atomic E-state index is 13.5. The molecule has 0 spiro atoms. The number of halogens is 3. The Kier molecular flexibility index (Phi) is 7.38. The quantitative estimate of drug-likeness (QED) is 0.369. The fraction of sp³-hybridized carbons (Fsp3) is 0.375. The zero-order valence-electron chi connectivity index (χ0n) is 22.9. The van der Waals surface area contributed by atoms with Crippen LogP contribution in [0.3, 0.4) is 0 Å². The highest BCUT2D eigenvalue weighted by atomic mass is 19.4. The van der Waals surface area contributed by atoms with Crippen LogP contribution in [0.25, 0.3) is 11.1 Å². The number of amides is 3. The Bertz CT molecular complexity index is 1410. The third kappa shape index (κ3) is 6.16. The first-order valence-corrected chi connectivity index (χ1v) is 13.6. The van der Waals surface area contributed by atoms with Crippen molar-refractivity contribution < 1.29 is 22.8 Å². The third-order valence-electron chi connectivity index (χ3n) is 7.60. The number of carbonyl (C=O) groups excluding carboxylic acids is 2. The van der Waals surface area contributed by atoms with Gasteiger partial charge in [-0.3, -0.25) is 4.79 Å². The number of urea groups is 1. The second-order valence-electron chi connectivity index (χ2n) is 11.8. The van der Waals surface area contributed by atoms with Crippen molar-refractivity contribution in [1.82, 2.24) is 15.5 Å². The second-order valence-corrected chi connectivity index (χ2v) is 11.8. The standard InChI is InChI=1S/C32H34F3N3O2/c1-31(2,3)37-30(40)38-15-14-25-24(21-10-7-11-23(16-21)32(33,34)35)12-13-26(28(25)19-38)29(39)36-18-22-17-27(22)20-8-5-4-6-9-20/h4-13,16,22,27H,14-15,17-19H2,1-3H3,(H,36,39)(H,37,40)/t22-,27-/m0/s1. The third-order valence-corrected chi connectivity index (χ3v) is 7.60. The minimum absolute atomic E-state index is 0.197. The van der Waals surface area contributed by atoms with Crippen molar-refractivity contribution in [2.24, 2.45) is 5.92 Å². The summed E-state index contributed by atoms with van der Waals surface area (Å²) >= 11 is 0. The molecule has 0 saturated heterocycles. The van der Waals surface area contributed by atoms with Crippen LogP contribution in [0, 0.1) is 5.92 Å². The van der Waals surface area contributed by atoms with Gasteiger partial charge in [-0.2, -0.15) is 13.2 Å².